The Hall–Kier alpha value is -0.870. The molecule has 0 aromatic carbocycles. The molecule has 0 unspecified atom stereocenters. The van der Waals surface area contributed by atoms with Gasteiger partial charge in [-0.2, -0.15) is 0 Å². The predicted molar refractivity (Wildman–Crippen MR) is 63.5 cm³/mol. The molecule has 0 aliphatic heterocycles. The average molecular weight is 256 g/mol. The summed E-state index contributed by atoms with van der Waals surface area (Å²) in [6, 6.07) is 2.04. The Morgan fingerprint density at radius 2 is 2.07 bits per heavy atom. The number of aryl methyl sites for hydroxylation is 1. The molecule has 0 saturated carbocycles. The molecule has 4 heteroatoms. The highest BCUT2D eigenvalue weighted by atomic mass is 79.9. The standard InChI is InChI=1S/C8H7BrN2.C2H7N/c1-5-8-6(2-3-10-8)7(9)4-11-5;1-3-2/h2-4,10H,1H3;3H,1-2H3. The normalized spacial score (nSPS) is 9.71. The van der Waals surface area contributed by atoms with E-state index in [1.807, 2.05) is 39.5 Å². The third-order valence-electron chi connectivity index (χ3n) is 1.74. The highest BCUT2D eigenvalue weighted by Crippen LogP contribution is 2.23. The average Bonchev–Trinajstić information content (AvgIpc) is 2.62. The van der Waals surface area contributed by atoms with Crippen LogP contribution >= 0.6 is 15.9 Å². The Labute approximate surface area is 92.1 Å². The second-order valence-electron chi connectivity index (χ2n) is 2.96. The minimum absolute atomic E-state index is 1.04. The lowest BCUT2D eigenvalue weighted by molar-refractivity contribution is 1.02. The van der Waals surface area contributed by atoms with Crippen LogP contribution in [-0.4, -0.2) is 24.1 Å². The first-order valence-electron chi connectivity index (χ1n) is 4.37. The molecule has 2 N–H and O–H groups in total. The van der Waals surface area contributed by atoms with Crippen LogP contribution in [0.5, 0.6) is 0 Å². The zero-order valence-electron chi connectivity index (χ0n) is 8.56. The molecule has 14 heavy (non-hydrogen) atoms. The lowest BCUT2D eigenvalue weighted by Crippen LogP contribution is -1.89. The molecule has 2 heterocycles. The summed E-state index contributed by atoms with van der Waals surface area (Å²) < 4.78 is 1.04. The predicted octanol–water partition coefficient (Wildman–Crippen LogP) is 2.47. The Bertz CT molecular complexity index is 373. The number of hydrogen-bond acceptors (Lipinski definition) is 2. The van der Waals surface area contributed by atoms with Crippen LogP contribution in [0.1, 0.15) is 5.69 Å². The Balaban J connectivity index is 0.000000293. The first-order chi connectivity index (χ1) is 6.70. The third-order valence-corrected chi connectivity index (χ3v) is 2.37. The number of pyridine rings is 1. The SMILES string of the molecule is CNC.Cc1ncc(Br)c2cc[nH]c12. The maximum Gasteiger partial charge on any atom is 0.0681 e. The highest BCUT2D eigenvalue weighted by Gasteiger charge is 2.01. The minimum Gasteiger partial charge on any atom is -0.360 e. The van der Waals surface area contributed by atoms with Crippen molar-refractivity contribution in [1.29, 1.82) is 0 Å². The van der Waals surface area contributed by atoms with Crippen molar-refractivity contribution in [3.63, 3.8) is 0 Å². The van der Waals surface area contributed by atoms with E-state index < -0.39 is 0 Å². The summed E-state index contributed by atoms with van der Waals surface area (Å²) >= 11 is 3.43. The number of nitrogens with one attached hydrogen (secondary N) is 2. The summed E-state index contributed by atoms with van der Waals surface area (Å²) in [5.41, 5.74) is 2.15. The van der Waals surface area contributed by atoms with E-state index in [1.165, 1.54) is 5.39 Å². The Kier molecular flexibility index (Phi) is 4.10. The van der Waals surface area contributed by atoms with Crippen LogP contribution in [0.15, 0.2) is 22.9 Å². The van der Waals surface area contributed by atoms with Crippen molar-refractivity contribution in [2.24, 2.45) is 0 Å². The smallest absolute Gasteiger partial charge is 0.0681 e. The van der Waals surface area contributed by atoms with Gasteiger partial charge in [0.1, 0.15) is 0 Å². The number of halogens is 1. The molecular formula is C10H14BrN3. The zero-order chi connectivity index (χ0) is 10.6. The number of aromatic amines is 1. The molecule has 0 bridgehead atoms. The molecular weight excluding hydrogens is 242 g/mol. The fourth-order valence-electron chi connectivity index (χ4n) is 1.16. The first-order valence-corrected chi connectivity index (χ1v) is 5.16. The molecule has 0 radical (unpaired) electrons. The van der Waals surface area contributed by atoms with E-state index in [-0.39, 0.29) is 0 Å². The van der Waals surface area contributed by atoms with Crippen molar-refractivity contribution >= 4 is 26.8 Å². The van der Waals surface area contributed by atoms with E-state index in [1.54, 1.807) is 0 Å². The van der Waals surface area contributed by atoms with Crippen LogP contribution in [-0.2, 0) is 0 Å². The number of nitrogens with zero attached hydrogens (tertiary/aromatic N) is 1. The molecule has 2 aromatic rings. The number of aromatic nitrogens is 2. The van der Waals surface area contributed by atoms with Gasteiger partial charge in [-0.25, -0.2) is 0 Å². The van der Waals surface area contributed by atoms with Crippen LogP contribution in [0.25, 0.3) is 10.9 Å². The summed E-state index contributed by atoms with van der Waals surface area (Å²) in [4.78, 5) is 7.34. The van der Waals surface area contributed by atoms with Crippen molar-refractivity contribution < 1.29 is 0 Å². The van der Waals surface area contributed by atoms with E-state index in [0.29, 0.717) is 0 Å². The van der Waals surface area contributed by atoms with Crippen molar-refractivity contribution in [2.75, 3.05) is 14.1 Å². The quantitative estimate of drug-likeness (QED) is 0.760. The lowest BCUT2D eigenvalue weighted by Gasteiger charge is -1.95. The summed E-state index contributed by atoms with van der Waals surface area (Å²) in [6.45, 7) is 1.99. The second-order valence-corrected chi connectivity index (χ2v) is 3.81. The van der Waals surface area contributed by atoms with Crippen molar-refractivity contribution in [3.8, 4) is 0 Å². The third kappa shape index (κ3) is 2.33. The van der Waals surface area contributed by atoms with Gasteiger partial charge in [-0.1, -0.05) is 0 Å². The molecule has 0 aliphatic rings. The number of fused-ring (bicyclic) bond motifs is 1. The molecule has 0 amide bonds. The van der Waals surface area contributed by atoms with Gasteiger partial charge in [0.15, 0.2) is 0 Å². The van der Waals surface area contributed by atoms with Crippen LogP contribution in [0.3, 0.4) is 0 Å². The van der Waals surface area contributed by atoms with Gasteiger partial charge < -0.3 is 10.3 Å². The molecule has 76 valence electrons. The fraction of sp³-hybridized carbons (Fsp3) is 0.300. The summed E-state index contributed by atoms with van der Waals surface area (Å²) in [6.07, 6.45) is 3.75. The van der Waals surface area contributed by atoms with Gasteiger partial charge in [0.2, 0.25) is 0 Å². The summed E-state index contributed by atoms with van der Waals surface area (Å²) in [5.74, 6) is 0. The maximum atomic E-state index is 4.20. The van der Waals surface area contributed by atoms with Crippen molar-refractivity contribution in [3.05, 3.63) is 28.6 Å². The minimum atomic E-state index is 1.04. The van der Waals surface area contributed by atoms with E-state index in [9.17, 15) is 0 Å². The number of hydrogen-bond donors (Lipinski definition) is 2. The van der Waals surface area contributed by atoms with Crippen molar-refractivity contribution in [2.45, 2.75) is 6.92 Å². The molecule has 2 rings (SSSR count). The Morgan fingerprint density at radius 3 is 2.64 bits per heavy atom. The Morgan fingerprint density at radius 1 is 1.43 bits per heavy atom. The largest absolute Gasteiger partial charge is 0.360 e. The van der Waals surface area contributed by atoms with E-state index in [2.05, 4.69) is 31.2 Å². The highest BCUT2D eigenvalue weighted by molar-refractivity contribution is 9.10. The van der Waals surface area contributed by atoms with Crippen LogP contribution in [0.4, 0.5) is 0 Å². The lowest BCUT2D eigenvalue weighted by atomic mass is 10.3. The topological polar surface area (TPSA) is 40.7 Å². The van der Waals surface area contributed by atoms with Gasteiger partial charge in [0, 0.05) is 22.3 Å². The first kappa shape index (κ1) is 11.2. The molecule has 2 aromatic heterocycles. The second kappa shape index (κ2) is 5.12. The van der Waals surface area contributed by atoms with Crippen LogP contribution in [0.2, 0.25) is 0 Å². The van der Waals surface area contributed by atoms with E-state index in [4.69, 9.17) is 0 Å². The van der Waals surface area contributed by atoms with Gasteiger partial charge in [-0.3, -0.25) is 4.98 Å². The summed E-state index contributed by atoms with van der Waals surface area (Å²) in [7, 11) is 3.75. The molecule has 0 atom stereocenters. The zero-order valence-corrected chi connectivity index (χ0v) is 10.1. The van der Waals surface area contributed by atoms with Crippen LogP contribution in [0, 0.1) is 6.92 Å². The number of rotatable bonds is 0. The fourth-order valence-corrected chi connectivity index (χ4v) is 1.59. The maximum absolute atomic E-state index is 4.20. The number of H-pyrrole nitrogens is 1. The van der Waals surface area contributed by atoms with Crippen LogP contribution < -0.4 is 5.32 Å². The molecule has 0 spiro atoms. The molecule has 3 nitrogen and oxygen atoms in total. The van der Waals surface area contributed by atoms with Crippen molar-refractivity contribution in [1.82, 2.24) is 15.3 Å². The van der Waals surface area contributed by atoms with E-state index in [0.717, 1.165) is 15.7 Å². The molecule has 0 saturated heterocycles. The van der Waals surface area contributed by atoms with Gasteiger partial charge in [-0.15, -0.1) is 0 Å². The van der Waals surface area contributed by atoms with E-state index >= 15 is 0 Å². The van der Waals surface area contributed by atoms with Gasteiger partial charge in [-0.05, 0) is 43.0 Å². The summed E-state index contributed by atoms with van der Waals surface area (Å²) in [5, 5.41) is 3.94. The van der Waals surface area contributed by atoms with Gasteiger partial charge in [0.25, 0.3) is 0 Å². The molecule has 0 aliphatic carbocycles. The van der Waals surface area contributed by atoms with Gasteiger partial charge in [0.05, 0.1) is 11.2 Å². The van der Waals surface area contributed by atoms with Gasteiger partial charge >= 0.3 is 0 Å². The monoisotopic (exact) mass is 255 g/mol. The molecule has 0 fully saturated rings.